The number of nitrogens with zero attached hydrogens (tertiary/aromatic N) is 2. The van der Waals surface area contributed by atoms with Crippen LogP contribution < -0.4 is 4.74 Å². The van der Waals surface area contributed by atoms with Crippen LogP contribution in [0.2, 0.25) is 0 Å². The van der Waals surface area contributed by atoms with E-state index in [-0.39, 0.29) is 0 Å². The molecule has 29 heavy (non-hydrogen) atoms. The zero-order valence-electron chi connectivity index (χ0n) is 18.2. The van der Waals surface area contributed by atoms with Gasteiger partial charge in [-0.15, -0.1) is 0 Å². The van der Waals surface area contributed by atoms with E-state index < -0.39 is 29.4 Å². The van der Waals surface area contributed by atoms with Crippen molar-refractivity contribution in [2.24, 2.45) is 0 Å². The fraction of sp³-hybridized carbons (Fsp3) is 0.619. The quantitative estimate of drug-likeness (QED) is 0.608. The van der Waals surface area contributed by atoms with Crippen molar-refractivity contribution >= 4 is 28.1 Å². The fourth-order valence-corrected chi connectivity index (χ4v) is 3.50. The van der Waals surface area contributed by atoms with Gasteiger partial charge in [-0.05, 0) is 65.3 Å². The predicted molar refractivity (Wildman–Crippen MR) is 114 cm³/mol. The number of carbonyl (C=O) groups is 2. The molecule has 7 nitrogen and oxygen atoms in total. The van der Waals surface area contributed by atoms with Crippen molar-refractivity contribution < 1.29 is 23.8 Å². The Hall–Kier alpha value is -1.96. The third kappa shape index (κ3) is 6.52. The summed E-state index contributed by atoms with van der Waals surface area (Å²) in [6.07, 6.45) is -0.814. The minimum Gasteiger partial charge on any atom is -0.497 e. The summed E-state index contributed by atoms with van der Waals surface area (Å²) in [7, 11) is 1.59. The largest absolute Gasteiger partial charge is 0.497 e. The van der Waals surface area contributed by atoms with Crippen LogP contribution >= 0.6 is 15.9 Å². The van der Waals surface area contributed by atoms with E-state index in [9.17, 15) is 9.59 Å². The highest BCUT2D eigenvalue weighted by molar-refractivity contribution is 9.10. The van der Waals surface area contributed by atoms with Crippen LogP contribution in [-0.4, -0.2) is 59.9 Å². The molecule has 1 aliphatic heterocycles. The SMILES string of the molecule is COc1ccc(Br)c(C2CN(C(=O)OC(C)(C)C)CCN2C(=O)OC(C)(C)C)c1. The molecule has 1 fully saturated rings. The van der Waals surface area contributed by atoms with Crippen molar-refractivity contribution in [3.63, 3.8) is 0 Å². The van der Waals surface area contributed by atoms with E-state index in [2.05, 4.69) is 15.9 Å². The Labute approximate surface area is 181 Å². The zero-order valence-corrected chi connectivity index (χ0v) is 19.8. The predicted octanol–water partition coefficient (Wildman–Crippen LogP) is 4.99. The zero-order chi connectivity index (χ0) is 22.0. The third-order valence-corrected chi connectivity index (χ3v) is 4.94. The van der Waals surface area contributed by atoms with Gasteiger partial charge in [0.2, 0.25) is 0 Å². The second-order valence-electron chi connectivity index (χ2n) is 9.00. The molecule has 1 saturated heterocycles. The van der Waals surface area contributed by atoms with E-state index in [1.54, 1.807) is 16.9 Å². The number of amides is 2. The second kappa shape index (κ2) is 8.81. The summed E-state index contributed by atoms with van der Waals surface area (Å²) in [5.41, 5.74) is -0.371. The van der Waals surface area contributed by atoms with Gasteiger partial charge in [0.05, 0.1) is 13.2 Å². The van der Waals surface area contributed by atoms with E-state index in [0.29, 0.717) is 25.4 Å². The number of benzene rings is 1. The molecular formula is C21H31BrN2O5. The topological polar surface area (TPSA) is 68.3 Å². The van der Waals surface area contributed by atoms with Crippen molar-refractivity contribution in [3.8, 4) is 5.75 Å². The van der Waals surface area contributed by atoms with E-state index in [1.165, 1.54) is 0 Å². The molecule has 0 spiro atoms. The Morgan fingerprint density at radius 2 is 1.59 bits per heavy atom. The first-order chi connectivity index (χ1) is 13.3. The lowest BCUT2D eigenvalue weighted by Gasteiger charge is -2.42. The normalized spacial score (nSPS) is 17.7. The molecule has 1 aromatic rings. The van der Waals surface area contributed by atoms with Gasteiger partial charge in [-0.2, -0.15) is 0 Å². The molecule has 1 aliphatic rings. The molecule has 0 radical (unpaired) electrons. The van der Waals surface area contributed by atoms with Gasteiger partial charge in [-0.1, -0.05) is 15.9 Å². The smallest absolute Gasteiger partial charge is 0.410 e. The number of ether oxygens (including phenoxy) is 3. The molecule has 0 bridgehead atoms. The first-order valence-corrected chi connectivity index (χ1v) is 10.4. The lowest BCUT2D eigenvalue weighted by molar-refractivity contribution is -0.0153. The lowest BCUT2D eigenvalue weighted by Crippen LogP contribution is -2.54. The number of carbonyl (C=O) groups excluding carboxylic acids is 2. The van der Waals surface area contributed by atoms with Gasteiger partial charge in [-0.25, -0.2) is 9.59 Å². The third-order valence-electron chi connectivity index (χ3n) is 4.22. The van der Waals surface area contributed by atoms with Gasteiger partial charge in [0.25, 0.3) is 0 Å². The van der Waals surface area contributed by atoms with E-state index in [4.69, 9.17) is 14.2 Å². The van der Waals surface area contributed by atoms with Crippen molar-refractivity contribution in [3.05, 3.63) is 28.2 Å². The number of hydrogen-bond acceptors (Lipinski definition) is 5. The van der Waals surface area contributed by atoms with Gasteiger partial charge < -0.3 is 19.1 Å². The summed E-state index contributed by atoms with van der Waals surface area (Å²) < 4.78 is 17.3. The van der Waals surface area contributed by atoms with Crippen molar-refractivity contribution in [2.45, 2.75) is 58.8 Å². The van der Waals surface area contributed by atoms with Crippen LogP contribution in [-0.2, 0) is 9.47 Å². The Bertz CT molecular complexity index is 754. The Morgan fingerprint density at radius 1 is 1.00 bits per heavy atom. The summed E-state index contributed by atoms with van der Waals surface area (Å²) in [5.74, 6) is 0.668. The number of hydrogen-bond donors (Lipinski definition) is 0. The Balaban J connectivity index is 2.36. The molecule has 2 amide bonds. The molecule has 1 heterocycles. The highest BCUT2D eigenvalue weighted by Gasteiger charge is 2.38. The van der Waals surface area contributed by atoms with E-state index >= 15 is 0 Å². The van der Waals surface area contributed by atoms with Gasteiger partial charge in [0, 0.05) is 24.1 Å². The highest BCUT2D eigenvalue weighted by atomic mass is 79.9. The van der Waals surface area contributed by atoms with Gasteiger partial charge in [-0.3, -0.25) is 4.90 Å². The maximum atomic E-state index is 12.9. The maximum Gasteiger partial charge on any atom is 0.410 e. The first kappa shape index (κ1) is 23.3. The van der Waals surface area contributed by atoms with Crippen LogP contribution in [0.3, 0.4) is 0 Å². The molecule has 0 aliphatic carbocycles. The molecule has 0 N–H and O–H groups in total. The molecule has 1 aromatic carbocycles. The molecule has 8 heteroatoms. The van der Waals surface area contributed by atoms with Gasteiger partial charge in [0.15, 0.2) is 0 Å². The molecule has 2 rings (SSSR count). The maximum absolute atomic E-state index is 12.9. The van der Waals surface area contributed by atoms with Crippen LogP contribution in [0.4, 0.5) is 9.59 Å². The highest BCUT2D eigenvalue weighted by Crippen LogP contribution is 2.35. The van der Waals surface area contributed by atoms with Crippen LogP contribution in [0.5, 0.6) is 5.75 Å². The second-order valence-corrected chi connectivity index (χ2v) is 9.86. The number of methoxy groups -OCH3 is 1. The van der Waals surface area contributed by atoms with Crippen LogP contribution in [0.25, 0.3) is 0 Å². The minimum absolute atomic E-state index is 0.292. The van der Waals surface area contributed by atoms with Crippen LogP contribution in [0.15, 0.2) is 22.7 Å². The summed E-state index contributed by atoms with van der Waals surface area (Å²) >= 11 is 3.57. The monoisotopic (exact) mass is 470 g/mol. The Kier molecular flexibility index (Phi) is 7.09. The first-order valence-electron chi connectivity index (χ1n) is 9.62. The number of piperazine rings is 1. The van der Waals surface area contributed by atoms with Crippen LogP contribution in [0.1, 0.15) is 53.1 Å². The lowest BCUT2D eigenvalue weighted by atomic mass is 10.0. The molecule has 0 saturated carbocycles. The minimum atomic E-state index is -0.616. The summed E-state index contributed by atoms with van der Waals surface area (Å²) in [5, 5.41) is 0. The van der Waals surface area contributed by atoms with Gasteiger partial charge in [0.1, 0.15) is 17.0 Å². The van der Waals surface area contributed by atoms with Crippen molar-refractivity contribution in [1.29, 1.82) is 0 Å². The molecule has 0 aromatic heterocycles. The Morgan fingerprint density at radius 3 is 2.14 bits per heavy atom. The average Bonchev–Trinajstić information content (AvgIpc) is 2.58. The van der Waals surface area contributed by atoms with E-state index in [1.807, 2.05) is 59.7 Å². The number of halogens is 1. The molecular weight excluding hydrogens is 440 g/mol. The van der Waals surface area contributed by atoms with Crippen LogP contribution in [0, 0.1) is 0 Å². The van der Waals surface area contributed by atoms with Crippen molar-refractivity contribution in [1.82, 2.24) is 9.80 Å². The fourth-order valence-electron chi connectivity index (χ4n) is 2.98. The van der Waals surface area contributed by atoms with Crippen molar-refractivity contribution in [2.75, 3.05) is 26.7 Å². The molecule has 1 unspecified atom stereocenters. The molecule has 1 atom stereocenters. The van der Waals surface area contributed by atoms with Gasteiger partial charge >= 0.3 is 12.2 Å². The van der Waals surface area contributed by atoms with E-state index in [0.717, 1.165) is 10.0 Å². The average molecular weight is 471 g/mol. The summed E-state index contributed by atoms with van der Waals surface area (Å²) in [4.78, 5) is 28.8. The summed E-state index contributed by atoms with van der Waals surface area (Å²) in [6, 6.07) is 5.16. The standard InChI is InChI=1S/C21H31BrN2O5/c1-20(2,3)28-18(25)23-10-11-24(19(26)29-21(4,5)6)17(13-23)15-12-14(27-7)8-9-16(15)22/h8-9,12,17H,10-11,13H2,1-7H3. The molecule has 162 valence electrons. The summed E-state index contributed by atoms with van der Waals surface area (Å²) in [6.45, 7) is 12.0. The number of rotatable bonds is 2.